The molecular weight excluding hydrogens is 254 g/mol. The Hall–Kier alpha value is -1.11. The Morgan fingerprint density at radius 2 is 1.89 bits per heavy atom. The number of hydrogen-bond donors (Lipinski definition) is 1. The molecule has 0 aliphatic rings. The lowest BCUT2D eigenvalue weighted by Crippen LogP contribution is -2.31. The van der Waals surface area contributed by atoms with Gasteiger partial charge in [0.2, 0.25) is 10.0 Å². The molecule has 0 atom stereocenters. The molecule has 0 saturated heterocycles. The summed E-state index contributed by atoms with van der Waals surface area (Å²) < 4.78 is 31.2. The molecule has 0 radical (unpaired) electrons. The summed E-state index contributed by atoms with van der Waals surface area (Å²) in [6.07, 6.45) is 0. The van der Waals surface area contributed by atoms with Crippen LogP contribution in [-0.2, 0) is 16.6 Å². The Morgan fingerprint density at radius 1 is 1.28 bits per heavy atom. The van der Waals surface area contributed by atoms with E-state index in [2.05, 4.69) is 0 Å². The van der Waals surface area contributed by atoms with Crippen LogP contribution < -0.4 is 4.74 Å². The molecule has 0 aliphatic carbocycles. The molecule has 0 bridgehead atoms. The van der Waals surface area contributed by atoms with Crippen molar-refractivity contribution < 1.29 is 18.3 Å². The predicted octanol–water partition coefficient (Wildman–Crippen LogP) is 1.22. The topological polar surface area (TPSA) is 66.8 Å². The summed E-state index contributed by atoms with van der Waals surface area (Å²) >= 11 is 0. The van der Waals surface area contributed by atoms with Gasteiger partial charge in [0.05, 0.1) is 13.7 Å². The van der Waals surface area contributed by atoms with Crippen LogP contribution in [0.5, 0.6) is 5.75 Å². The van der Waals surface area contributed by atoms with E-state index in [4.69, 9.17) is 9.84 Å². The smallest absolute Gasteiger partial charge is 0.246 e. The van der Waals surface area contributed by atoms with Crippen molar-refractivity contribution >= 4 is 10.0 Å². The number of nitrogens with zero attached hydrogens (tertiary/aromatic N) is 1. The molecule has 1 N–H and O–H groups in total. The number of aliphatic hydroxyl groups excluding tert-OH is 1. The first-order chi connectivity index (χ1) is 8.51. The lowest BCUT2D eigenvalue weighted by atomic mass is 10.2. The monoisotopic (exact) mass is 273 g/mol. The maximum absolute atomic E-state index is 12.4. The maximum atomic E-state index is 12.4. The third-order valence-electron chi connectivity index (χ3n) is 2.73. The van der Waals surface area contributed by atoms with Gasteiger partial charge in [0.1, 0.15) is 10.6 Å². The van der Waals surface area contributed by atoms with E-state index in [0.29, 0.717) is 24.4 Å². The van der Waals surface area contributed by atoms with Crippen LogP contribution in [-0.4, -0.2) is 38.0 Å². The van der Waals surface area contributed by atoms with Crippen molar-refractivity contribution in [3.05, 3.63) is 23.8 Å². The summed E-state index contributed by atoms with van der Waals surface area (Å²) in [5.41, 5.74) is 0.543. The molecule has 1 rings (SSSR count). The van der Waals surface area contributed by atoms with E-state index in [1.165, 1.54) is 17.5 Å². The van der Waals surface area contributed by atoms with E-state index in [9.17, 15) is 8.42 Å². The van der Waals surface area contributed by atoms with Gasteiger partial charge < -0.3 is 9.84 Å². The normalized spacial score (nSPS) is 11.8. The van der Waals surface area contributed by atoms with Crippen LogP contribution in [0.25, 0.3) is 0 Å². The number of benzene rings is 1. The summed E-state index contributed by atoms with van der Waals surface area (Å²) in [5, 5.41) is 9.10. The first-order valence-electron chi connectivity index (χ1n) is 5.79. The standard InChI is InChI=1S/C12H19NO4S/c1-4-13(5-2)18(15,16)12-8-10(9-14)6-7-11(12)17-3/h6-8,14H,4-5,9H2,1-3H3. The molecule has 0 aliphatic heterocycles. The third-order valence-corrected chi connectivity index (χ3v) is 4.80. The second kappa shape index (κ2) is 6.17. The summed E-state index contributed by atoms with van der Waals surface area (Å²) in [6, 6.07) is 4.65. The van der Waals surface area contributed by atoms with Crippen molar-refractivity contribution in [1.82, 2.24) is 4.31 Å². The van der Waals surface area contributed by atoms with Crippen molar-refractivity contribution in [3.63, 3.8) is 0 Å². The molecule has 5 nitrogen and oxygen atoms in total. The molecule has 0 fully saturated rings. The van der Waals surface area contributed by atoms with Crippen molar-refractivity contribution in [1.29, 1.82) is 0 Å². The van der Waals surface area contributed by atoms with Crippen LogP contribution in [0.1, 0.15) is 19.4 Å². The molecule has 6 heteroatoms. The largest absolute Gasteiger partial charge is 0.495 e. The molecule has 0 saturated carbocycles. The number of rotatable bonds is 6. The Morgan fingerprint density at radius 3 is 2.33 bits per heavy atom. The molecule has 102 valence electrons. The van der Waals surface area contributed by atoms with E-state index in [1.807, 2.05) is 0 Å². The second-order valence-corrected chi connectivity index (χ2v) is 5.64. The van der Waals surface area contributed by atoms with E-state index < -0.39 is 10.0 Å². The highest BCUT2D eigenvalue weighted by molar-refractivity contribution is 7.89. The average molecular weight is 273 g/mol. The van der Waals surface area contributed by atoms with E-state index >= 15 is 0 Å². The fraction of sp³-hybridized carbons (Fsp3) is 0.500. The summed E-state index contributed by atoms with van der Waals surface area (Å²) in [4.78, 5) is 0.0975. The van der Waals surface area contributed by atoms with Gasteiger partial charge in [-0.3, -0.25) is 0 Å². The molecule has 0 unspecified atom stereocenters. The molecule has 0 aromatic heterocycles. The highest BCUT2D eigenvalue weighted by Crippen LogP contribution is 2.27. The molecule has 1 aromatic rings. The van der Waals surface area contributed by atoms with E-state index in [1.54, 1.807) is 26.0 Å². The molecular formula is C12H19NO4S. The number of sulfonamides is 1. The van der Waals surface area contributed by atoms with Gasteiger partial charge in [0, 0.05) is 13.1 Å². The summed E-state index contributed by atoms with van der Waals surface area (Å²) in [6.45, 7) is 4.15. The highest BCUT2D eigenvalue weighted by Gasteiger charge is 2.25. The Kier molecular flexibility index (Phi) is 5.13. The summed E-state index contributed by atoms with van der Waals surface area (Å²) in [5.74, 6) is 0.291. The first-order valence-corrected chi connectivity index (χ1v) is 7.23. The van der Waals surface area contributed by atoms with Gasteiger partial charge in [-0.2, -0.15) is 4.31 Å². The third kappa shape index (κ3) is 2.82. The SMILES string of the molecule is CCN(CC)S(=O)(=O)c1cc(CO)ccc1OC. The number of hydrogen-bond acceptors (Lipinski definition) is 4. The van der Waals surface area contributed by atoms with Crippen molar-refractivity contribution in [2.24, 2.45) is 0 Å². The Bertz CT molecular complexity index is 495. The zero-order chi connectivity index (χ0) is 13.8. The number of methoxy groups -OCH3 is 1. The summed E-state index contributed by atoms with van der Waals surface area (Å²) in [7, 11) is -2.15. The molecule has 0 heterocycles. The lowest BCUT2D eigenvalue weighted by Gasteiger charge is -2.20. The van der Waals surface area contributed by atoms with E-state index in [-0.39, 0.29) is 11.5 Å². The van der Waals surface area contributed by atoms with Crippen molar-refractivity contribution in [3.8, 4) is 5.75 Å². The Balaban J connectivity index is 3.37. The van der Waals surface area contributed by atoms with Crippen LogP contribution in [0.3, 0.4) is 0 Å². The second-order valence-electron chi connectivity index (χ2n) is 3.73. The van der Waals surface area contributed by atoms with Crippen LogP contribution in [0.2, 0.25) is 0 Å². The minimum atomic E-state index is -3.58. The van der Waals surface area contributed by atoms with Crippen LogP contribution in [0.15, 0.2) is 23.1 Å². The number of ether oxygens (including phenoxy) is 1. The minimum Gasteiger partial charge on any atom is -0.495 e. The molecule has 0 spiro atoms. The van der Waals surface area contributed by atoms with Crippen molar-refractivity contribution in [2.75, 3.05) is 20.2 Å². The first kappa shape index (κ1) is 14.9. The maximum Gasteiger partial charge on any atom is 0.246 e. The number of aliphatic hydroxyl groups is 1. The Labute approximate surface area is 108 Å². The lowest BCUT2D eigenvalue weighted by molar-refractivity contribution is 0.281. The van der Waals surface area contributed by atoms with Crippen LogP contribution in [0.4, 0.5) is 0 Å². The minimum absolute atomic E-state index is 0.0975. The van der Waals surface area contributed by atoms with Gasteiger partial charge in [-0.1, -0.05) is 19.9 Å². The average Bonchev–Trinajstić information content (AvgIpc) is 2.39. The zero-order valence-corrected chi connectivity index (χ0v) is 11.7. The van der Waals surface area contributed by atoms with Gasteiger partial charge in [-0.25, -0.2) is 8.42 Å². The predicted molar refractivity (Wildman–Crippen MR) is 69.0 cm³/mol. The molecule has 18 heavy (non-hydrogen) atoms. The van der Waals surface area contributed by atoms with Crippen LogP contribution in [0, 0.1) is 0 Å². The zero-order valence-electron chi connectivity index (χ0n) is 10.9. The molecule has 1 aromatic carbocycles. The molecule has 0 amide bonds. The van der Waals surface area contributed by atoms with E-state index in [0.717, 1.165) is 0 Å². The van der Waals surface area contributed by atoms with Crippen LogP contribution >= 0.6 is 0 Å². The quantitative estimate of drug-likeness (QED) is 0.846. The van der Waals surface area contributed by atoms with Gasteiger partial charge in [0.15, 0.2) is 0 Å². The van der Waals surface area contributed by atoms with Crippen molar-refractivity contribution in [2.45, 2.75) is 25.3 Å². The fourth-order valence-corrected chi connectivity index (χ4v) is 3.39. The van der Waals surface area contributed by atoms with Gasteiger partial charge in [-0.05, 0) is 17.7 Å². The van der Waals surface area contributed by atoms with Gasteiger partial charge >= 0.3 is 0 Å². The highest BCUT2D eigenvalue weighted by atomic mass is 32.2. The fourth-order valence-electron chi connectivity index (χ4n) is 1.72. The van der Waals surface area contributed by atoms with Gasteiger partial charge in [0.25, 0.3) is 0 Å². The van der Waals surface area contributed by atoms with Gasteiger partial charge in [-0.15, -0.1) is 0 Å².